The Morgan fingerprint density at radius 3 is 2.65 bits per heavy atom. The summed E-state index contributed by atoms with van der Waals surface area (Å²) in [5.74, 6) is 0.133. The second kappa shape index (κ2) is 6.97. The van der Waals surface area contributed by atoms with Gasteiger partial charge in [-0.25, -0.2) is 0 Å². The van der Waals surface area contributed by atoms with Gasteiger partial charge in [-0.05, 0) is 51.8 Å². The number of ether oxygens (including phenoxy) is 1. The molecule has 1 aromatic heterocycles. The molecule has 126 valence electrons. The predicted octanol–water partition coefficient (Wildman–Crippen LogP) is 2.19. The Hall–Kier alpha value is -1.46. The van der Waals surface area contributed by atoms with Gasteiger partial charge in [0.2, 0.25) is 0 Å². The standard InChI is InChI=1S/C18H27N3O2/c1-3-23-14-16-4-7-18(20(16)2)8-12-21(13-9-18)17(22)15-5-10-19-11-6-15/h5-6,10-11,16H,3-4,7-9,12-14H2,1-2H3/t16-/m1/s1. The molecule has 0 aromatic carbocycles. The molecule has 0 unspecified atom stereocenters. The summed E-state index contributed by atoms with van der Waals surface area (Å²) in [7, 11) is 2.23. The number of rotatable bonds is 4. The molecule has 2 aliphatic heterocycles. The van der Waals surface area contributed by atoms with Crippen molar-refractivity contribution in [2.24, 2.45) is 0 Å². The Morgan fingerprint density at radius 2 is 2.00 bits per heavy atom. The minimum atomic E-state index is 0.133. The first-order valence-corrected chi connectivity index (χ1v) is 8.66. The van der Waals surface area contributed by atoms with Crippen LogP contribution in [0.3, 0.4) is 0 Å². The Balaban J connectivity index is 1.59. The molecule has 1 spiro atoms. The van der Waals surface area contributed by atoms with E-state index in [1.807, 2.05) is 11.8 Å². The zero-order valence-electron chi connectivity index (χ0n) is 14.2. The van der Waals surface area contributed by atoms with Gasteiger partial charge in [0.1, 0.15) is 0 Å². The number of hydrogen-bond donors (Lipinski definition) is 0. The molecule has 3 heterocycles. The van der Waals surface area contributed by atoms with Crippen LogP contribution in [-0.2, 0) is 4.74 Å². The van der Waals surface area contributed by atoms with Gasteiger partial charge in [-0.1, -0.05) is 0 Å². The number of likely N-dealkylation sites (tertiary alicyclic amines) is 2. The van der Waals surface area contributed by atoms with Gasteiger partial charge >= 0.3 is 0 Å². The number of pyridine rings is 1. The first-order chi connectivity index (χ1) is 11.2. The van der Waals surface area contributed by atoms with Crippen molar-refractivity contribution in [3.63, 3.8) is 0 Å². The number of hydrogen-bond acceptors (Lipinski definition) is 4. The molecule has 1 atom stereocenters. The van der Waals surface area contributed by atoms with Gasteiger partial charge in [0.15, 0.2) is 0 Å². The van der Waals surface area contributed by atoms with Crippen molar-refractivity contribution < 1.29 is 9.53 Å². The molecule has 0 aliphatic carbocycles. The first-order valence-electron chi connectivity index (χ1n) is 8.66. The fourth-order valence-corrected chi connectivity index (χ4v) is 4.05. The summed E-state index contributed by atoms with van der Waals surface area (Å²) in [6, 6.07) is 4.12. The molecule has 3 rings (SSSR count). The first kappa shape index (κ1) is 16.4. The third-order valence-electron chi connectivity index (χ3n) is 5.66. The van der Waals surface area contributed by atoms with E-state index in [1.165, 1.54) is 12.8 Å². The van der Waals surface area contributed by atoms with E-state index in [2.05, 4.69) is 16.9 Å². The lowest BCUT2D eigenvalue weighted by Crippen LogP contribution is -2.54. The number of aromatic nitrogens is 1. The van der Waals surface area contributed by atoms with Crippen molar-refractivity contribution in [2.45, 2.75) is 44.2 Å². The third kappa shape index (κ3) is 3.26. The molecule has 2 fully saturated rings. The second-order valence-corrected chi connectivity index (χ2v) is 6.72. The fraction of sp³-hybridized carbons (Fsp3) is 0.667. The van der Waals surface area contributed by atoms with Gasteiger partial charge in [0.05, 0.1) is 6.61 Å². The van der Waals surface area contributed by atoms with E-state index in [4.69, 9.17) is 4.74 Å². The van der Waals surface area contributed by atoms with Gasteiger partial charge in [-0.3, -0.25) is 14.7 Å². The van der Waals surface area contributed by atoms with E-state index in [1.54, 1.807) is 24.5 Å². The molecular formula is C18H27N3O2. The van der Waals surface area contributed by atoms with Crippen LogP contribution >= 0.6 is 0 Å². The Bertz CT molecular complexity index is 526. The highest BCUT2D eigenvalue weighted by Gasteiger charge is 2.46. The summed E-state index contributed by atoms with van der Waals surface area (Å²) >= 11 is 0. The number of likely N-dealkylation sites (N-methyl/N-ethyl adjacent to an activating group) is 1. The smallest absolute Gasteiger partial charge is 0.253 e. The van der Waals surface area contributed by atoms with Crippen LogP contribution in [0, 0.1) is 0 Å². The highest BCUT2D eigenvalue weighted by atomic mass is 16.5. The van der Waals surface area contributed by atoms with Crippen LogP contribution in [-0.4, -0.2) is 65.6 Å². The Labute approximate surface area is 138 Å². The van der Waals surface area contributed by atoms with Gasteiger partial charge < -0.3 is 9.64 Å². The van der Waals surface area contributed by atoms with E-state index in [0.29, 0.717) is 6.04 Å². The van der Waals surface area contributed by atoms with Crippen molar-refractivity contribution in [3.8, 4) is 0 Å². The fourth-order valence-electron chi connectivity index (χ4n) is 4.05. The molecule has 2 aliphatic rings. The molecule has 23 heavy (non-hydrogen) atoms. The molecule has 0 bridgehead atoms. The lowest BCUT2D eigenvalue weighted by atomic mass is 9.85. The van der Waals surface area contributed by atoms with Crippen LogP contribution < -0.4 is 0 Å². The number of nitrogens with zero attached hydrogens (tertiary/aromatic N) is 3. The summed E-state index contributed by atoms with van der Waals surface area (Å²) in [5, 5.41) is 0. The second-order valence-electron chi connectivity index (χ2n) is 6.72. The molecule has 0 radical (unpaired) electrons. The van der Waals surface area contributed by atoms with Crippen LogP contribution in [0.25, 0.3) is 0 Å². The summed E-state index contributed by atoms with van der Waals surface area (Å²) < 4.78 is 5.63. The summed E-state index contributed by atoms with van der Waals surface area (Å²) in [6.07, 6.45) is 7.91. The van der Waals surface area contributed by atoms with Crippen LogP contribution in [0.1, 0.15) is 43.0 Å². The van der Waals surface area contributed by atoms with Crippen molar-refractivity contribution in [3.05, 3.63) is 30.1 Å². The molecular weight excluding hydrogens is 290 g/mol. The van der Waals surface area contributed by atoms with Crippen LogP contribution in [0.5, 0.6) is 0 Å². The topological polar surface area (TPSA) is 45.7 Å². The highest BCUT2D eigenvalue weighted by Crippen LogP contribution is 2.40. The zero-order chi connectivity index (χ0) is 16.3. The van der Waals surface area contributed by atoms with Gasteiger partial charge in [-0.2, -0.15) is 0 Å². The number of amides is 1. The molecule has 5 nitrogen and oxygen atoms in total. The van der Waals surface area contributed by atoms with E-state index in [9.17, 15) is 4.79 Å². The SMILES string of the molecule is CCOC[C@H]1CCC2(CCN(C(=O)c3ccncc3)CC2)N1C. The van der Waals surface area contributed by atoms with Crippen molar-refractivity contribution in [1.29, 1.82) is 0 Å². The lowest BCUT2D eigenvalue weighted by Gasteiger charge is -2.45. The maximum Gasteiger partial charge on any atom is 0.253 e. The lowest BCUT2D eigenvalue weighted by molar-refractivity contribution is 0.0211. The van der Waals surface area contributed by atoms with E-state index < -0.39 is 0 Å². The van der Waals surface area contributed by atoms with Crippen molar-refractivity contribution >= 4 is 5.91 Å². The number of carbonyl (C=O) groups excluding carboxylic acids is 1. The molecule has 5 heteroatoms. The Kier molecular flexibility index (Phi) is 4.97. The number of piperidine rings is 1. The summed E-state index contributed by atoms with van der Waals surface area (Å²) in [4.78, 5) is 21.1. The quantitative estimate of drug-likeness (QED) is 0.854. The maximum absolute atomic E-state index is 12.6. The minimum absolute atomic E-state index is 0.133. The number of carbonyl (C=O) groups is 1. The van der Waals surface area contributed by atoms with Gasteiger partial charge in [0, 0.05) is 49.2 Å². The minimum Gasteiger partial charge on any atom is -0.380 e. The van der Waals surface area contributed by atoms with Gasteiger partial charge in [0.25, 0.3) is 5.91 Å². The molecule has 2 saturated heterocycles. The molecule has 1 amide bonds. The summed E-state index contributed by atoms with van der Waals surface area (Å²) in [6.45, 7) is 5.34. The summed E-state index contributed by atoms with van der Waals surface area (Å²) in [5.41, 5.74) is 1.00. The largest absolute Gasteiger partial charge is 0.380 e. The van der Waals surface area contributed by atoms with E-state index in [-0.39, 0.29) is 11.4 Å². The Morgan fingerprint density at radius 1 is 1.30 bits per heavy atom. The molecule has 1 aromatic rings. The van der Waals surface area contributed by atoms with Crippen LogP contribution in [0.15, 0.2) is 24.5 Å². The molecule has 0 saturated carbocycles. The van der Waals surface area contributed by atoms with E-state index in [0.717, 1.165) is 44.7 Å². The highest BCUT2D eigenvalue weighted by molar-refractivity contribution is 5.94. The third-order valence-corrected chi connectivity index (χ3v) is 5.66. The predicted molar refractivity (Wildman–Crippen MR) is 89.4 cm³/mol. The van der Waals surface area contributed by atoms with Crippen LogP contribution in [0.4, 0.5) is 0 Å². The normalized spacial score (nSPS) is 24.3. The van der Waals surface area contributed by atoms with Crippen molar-refractivity contribution in [2.75, 3.05) is 33.4 Å². The van der Waals surface area contributed by atoms with Crippen molar-refractivity contribution in [1.82, 2.24) is 14.8 Å². The monoisotopic (exact) mass is 317 g/mol. The zero-order valence-corrected chi connectivity index (χ0v) is 14.2. The van der Waals surface area contributed by atoms with E-state index >= 15 is 0 Å². The maximum atomic E-state index is 12.6. The average molecular weight is 317 g/mol. The van der Waals surface area contributed by atoms with Gasteiger partial charge in [-0.15, -0.1) is 0 Å². The van der Waals surface area contributed by atoms with Crippen LogP contribution in [0.2, 0.25) is 0 Å². The average Bonchev–Trinajstić information content (AvgIpc) is 2.90. The molecule has 0 N–H and O–H groups in total.